The molecular weight excluding hydrogens is 205 g/mol. The Morgan fingerprint density at radius 2 is 2.40 bits per heavy atom. The number of hydrogen-bond donors (Lipinski definition) is 3. The first-order chi connectivity index (χ1) is 7.04. The first-order valence-corrected chi connectivity index (χ1v) is 4.05. The summed E-state index contributed by atoms with van der Waals surface area (Å²) in [7, 11) is 0. The largest absolute Gasteiger partial charge is 0.410 e. The van der Waals surface area contributed by atoms with Crippen molar-refractivity contribution in [1.29, 1.82) is 0 Å². The van der Waals surface area contributed by atoms with E-state index in [0.29, 0.717) is 0 Å². The highest BCUT2D eigenvalue weighted by Gasteiger charge is 2.13. The van der Waals surface area contributed by atoms with Crippen LogP contribution in [0, 0.1) is 5.82 Å². The molecule has 82 valence electrons. The smallest absolute Gasteiger partial charge is 0.407 e. The number of rotatable bonds is 3. The zero-order valence-corrected chi connectivity index (χ0v) is 7.68. The van der Waals surface area contributed by atoms with Crippen molar-refractivity contribution in [2.75, 3.05) is 6.54 Å². The molecule has 1 atom stereocenters. The van der Waals surface area contributed by atoms with Crippen LogP contribution in [0.5, 0.6) is 5.75 Å². The molecule has 15 heavy (non-hydrogen) atoms. The SMILES string of the molecule is NCC(O)c1cc(OC(N)=O)c(F)cn1. The summed E-state index contributed by atoms with van der Waals surface area (Å²) in [5.74, 6) is -1.23. The number of primary amides is 1. The second kappa shape index (κ2) is 4.67. The van der Waals surface area contributed by atoms with Gasteiger partial charge < -0.3 is 21.3 Å². The lowest BCUT2D eigenvalue weighted by Gasteiger charge is -2.08. The molecule has 0 saturated heterocycles. The molecule has 1 rings (SSSR count). The standard InChI is InChI=1S/C8H10FN3O3/c9-4-3-12-5(6(13)2-10)1-7(4)15-8(11)14/h1,3,6,13H,2,10H2,(H2,11,14). The third kappa shape index (κ3) is 2.86. The molecule has 0 aromatic carbocycles. The number of nitrogens with zero attached hydrogens (tertiary/aromatic N) is 1. The Balaban J connectivity index is 2.99. The molecule has 1 unspecified atom stereocenters. The number of carbonyl (C=O) groups excluding carboxylic acids is 1. The van der Waals surface area contributed by atoms with E-state index in [9.17, 15) is 14.3 Å². The lowest BCUT2D eigenvalue weighted by molar-refractivity contribution is 0.180. The summed E-state index contributed by atoms with van der Waals surface area (Å²) in [4.78, 5) is 14.0. The molecule has 0 fully saturated rings. The number of ether oxygens (including phenoxy) is 1. The summed E-state index contributed by atoms with van der Waals surface area (Å²) in [6, 6.07) is 1.07. The second-order valence-electron chi connectivity index (χ2n) is 2.71. The third-order valence-electron chi connectivity index (χ3n) is 1.62. The minimum atomic E-state index is -1.15. The van der Waals surface area contributed by atoms with Gasteiger partial charge in [0.1, 0.15) is 6.10 Å². The molecule has 0 saturated carbocycles. The Kier molecular flexibility index (Phi) is 3.53. The maximum Gasteiger partial charge on any atom is 0.410 e. The summed E-state index contributed by atoms with van der Waals surface area (Å²) in [5.41, 5.74) is 10.0. The normalized spacial score (nSPS) is 12.2. The van der Waals surface area contributed by atoms with E-state index < -0.39 is 18.0 Å². The van der Waals surface area contributed by atoms with Gasteiger partial charge >= 0.3 is 6.09 Å². The molecule has 0 aliphatic rings. The summed E-state index contributed by atoms with van der Waals surface area (Å²) in [6.45, 7) is -0.0748. The number of amides is 1. The van der Waals surface area contributed by atoms with Crippen molar-refractivity contribution in [2.45, 2.75) is 6.10 Å². The van der Waals surface area contributed by atoms with Gasteiger partial charge in [0.05, 0.1) is 11.9 Å². The quantitative estimate of drug-likeness (QED) is 0.639. The van der Waals surface area contributed by atoms with Crippen molar-refractivity contribution in [3.63, 3.8) is 0 Å². The number of hydrogen-bond acceptors (Lipinski definition) is 5. The van der Waals surface area contributed by atoms with Gasteiger partial charge in [-0.25, -0.2) is 9.18 Å². The number of nitrogens with two attached hydrogens (primary N) is 2. The summed E-state index contributed by atoms with van der Waals surface area (Å²) in [5, 5.41) is 9.30. The van der Waals surface area contributed by atoms with Gasteiger partial charge in [-0.3, -0.25) is 4.98 Å². The van der Waals surface area contributed by atoms with Crippen molar-refractivity contribution in [3.05, 3.63) is 23.8 Å². The average Bonchev–Trinajstić information content (AvgIpc) is 2.19. The maximum atomic E-state index is 13.0. The molecule has 1 amide bonds. The average molecular weight is 215 g/mol. The molecule has 0 radical (unpaired) electrons. The van der Waals surface area contributed by atoms with E-state index in [2.05, 4.69) is 9.72 Å². The van der Waals surface area contributed by atoms with E-state index in [4.69, 9.17) is 11.5 Å². The zero-order chi connectivity index (χ0) is 11.4. The van der Waals surface area contributed by atoms with Crippen LogP contribution < -0.4 is 16.2 Å². The van der Waals surface area contributed by atoms with Crippen LogP contribution in [-0.2, 0) is 0 Å². The van der Waals surface area contributed by atoms with Crippen LogP contribution in [0.15, 0.2) is 12.3 Å². The van der Waals surface area contributed by atoms with E-state index in [-0.39, 0.29) is 18.0 Å². The van der Waals surface area contributed by atoms with Gasteiger partial charge in [0.15, 0.2) is 11.6 Å². The van der Waals surface area contributed by atoms with Crippen LogP contribution >= 0.6 is 0 Å². The van der Waals surface area contributed by atoms with Crippen LogP contribution in [0.2, 0.25) is 0 Å². The summed E-state index contributed by atoms with van der Waals surface area (Å²) in [6.07, 6.45) is -1.37. The second-order valence-corrected chi connectivity index (χ2v) is 2.71. The molecule has 7 heteroatoms. The third-order valence-corrected chi connectivity index (χ3v) is 1.62. The monoisotopic (exact) mass is 215 g/mol. The van der Waals surface area contributed by atoms with Crippen LogP contribution in [0.1, 0.15) is 11.8 Å². The molecule has 0 bridgehead atoms. The van der Waals surface area contributed by atoms with E-state index in [1.54, 1.807) is 0 Å². The van der Waals surface area contributed by atoms with E-state index in [1.807, 2.05) is 0 Å². The van der Waals surface area contributed by atoms with Crippen LogP contribution in [0.4, 0.5) is 9.18 Å². The van der Waals surface area contributed by atoms with Gasteiger partial charge in [-0.05, 0) is 0 Å². The predicted molar refractivity (Wildman–Crippen MR) is 48.4 cm³/mol. The zero-order valence-electron chi connectivity index (χ0n) is 7.68. The number of aromatic nitrogens is 1. The molecule has 1 heterocycles. The minimum Gasteiger partial charge on any atom is -0.407 e. The Labute approximate surface area is 84.7 Å². The molecular formula is C8H10FN3O3. The fraction of sp³-hybridized carbons (Fsp3) is 0.250. The van der Waals surface area contributed by atoms with Crippen molar-refractivity contribution >= 4 is 6.09 Å². The summed E-state index contributed by atoms with van der Waals surface area (Å²) < 4.78 is 17.3. The maximum absolute atomic E-state index is 13.0. The van der Waals surface area contributed by atoms with E-state index >= 15 is 0 Å². The van der Waals surface area contributed by atoms with Crippen molar-refractivity contribution in [1.82, 2.24) is 4.98 Å². The molecule has 0 aliphatic heterocycles. The molecule has 1 aromatic heterocycles. The number of aliphatic hydroxyl groups excluding tert-OH is 1. The Hall–Kier alpha value is -1.73. The molecule has 6 nitrogen and oxygen atoms in total. The Morgan fingerprint density at radius 3 is 2.93 bits per heavy atom. The lowest BCUT2D eigenvalue weighted by atomic mass is 10.2. The summed E-state index contributed by atoms with van der Waals surface area (Å²) >= 11 is 0. The Bertz CT molecular complexity index is 372. The Morgan fingerprint density at radius 1 is 1.73 bits per heavy atom. The lowest BCUT2D eigenvalue weighted by Crippen LogP contribution is -2.18. The van der Waals surface area contributed by atoms with Gasteiger partial charge in [-0.2, -0.15) is 0 Å². The topological polar surface area (TPSA) is 111 Å². The van der Waals surface area contributed by atoms with Gasteiger partial charge in [-0.1, -0.05) is 0 Å². The molecule has 0 aliphatic carbocycles. The number of halogens is 1. The van der Waals surface area contributed by atoms with Crippen LogP contribution in [-0.4, -0.2) is 22.7 Å². The van der Waals surface area contributed by atoms with Gasteiger partial charge in [-0.15, -0.1) is 0 Å². The molecule has 1 aromatic rings. The number of carbonyl (C=O) groups is 1. The number of pyridine rings is 1. The van der Waals surface area contributed by atoms with Crippen LogP contribution in [0.25, 0.3) is 0 Å². The highest BCUT2D eigenvalue weighted by molar-refractivity contribution is 5.68. The van der Waals surface area contributed by atoms with Crippen molar-refractivity contribution < 1.29 is 19.0 Å². The van der Waals surface area contributed by atoms with Crippen molar-refractivity contribution in [2.24, 2.45) is 11.5 Å². The van der Waals surface area contributed by atoms with E-state index in [1.165, 1.54) is 0 Å². The highest BCUT2D eigenvalue weighted by Crippen LogP contribution is 2.20. The molecule has 0 spiro atoms. The molecule has 5 N–H and O–H groups in total. The fourth-order valence-corrected chi connectivity index (χ4v) is 0.925. The highest BCUT2D eigenvalue weighted by atomic mass is 19.1. The predicted octanol–water partition coefficient (Wildman–Crippen LogP) is -0.330. The van der Waals surface area contributed by atoms with Gasteiger partial charge in [0.25, 0.3) is 0 Å². The minimum absolute atomic E-state index is 0.0748. The number of aliphatic hydroxyl groups is 1. The van der Waals surface area contributed by atoms with Crippen molar-refractivity contribution in [3.8, 4) is 5.75 Å². The first-order valence-electron chi connectivity index (χ1n) is 4.05. The van der Waals surface area contributed by atoms with Crippen LogP contribution in [0.3, 0.4) is 0 Å². The fourth-order valence-electron chi connectivity index (χ4n) is 0.925. The van der Waals surface area contributed by atoms with Gasteiger partial charge in [0.2, 0.25) is 0 Å². The first kappa shape index (κ1) is 11.3. The van der Waals surface area contributed by atoms with E-state index in [0.717, 1.165) is 12.3 Å². The van der Waals surface area contributed by atoms with Gasteiger partial charge in [0, 0.05) is 12.6 Å².